The number of sulfone groups is 1. The van der Waals surface area contributed by atoms with Gasteiger partial charge in [-0.25, -0.2) is 8.42 Å². The molecule has 1 atom stereocenters. The minimum Gasteiger partial charge on any atom is -0.426 e. The maximum atomic E-state index is 11.7. The summed E-state index contributed by atoms with van der Waals surface area (Å²) < 4.78 is 27.5. The second-order valence-corrected chi connectivity index (χ2v) is 6.64. The maximum absolute atomic E-state index is 11.7. The van der Waals surface area contributed by atoms with Gasteiger partial charge in [0, 0.05) is 5.02 Å². The number of halogens is 1. The summed E-state index contributed by atoms with van der Waals surface area (Å²) in [6.45, 7) is 0. The second kappa shape index (κ2) is 4.66. The van der Waals surface area contributed by atoms with Crippen LogP contribution in [-0.4, -0.2) is 25.9 Å². The second-order valence-electron chi connectivity index (χ2n) is 3.97. The Labute approximate surface area is 104 Å². The van der Waals surface area contributed by atoms with Crippen LogP contribution < -0.4 is 4.74 Å². The quantitative estimate of drug-likeness (QED) is 0.608. The highest BCUT2D eigenvalue weighted by Crippen LogP contribution is 2.22. The zero-order valence-electron chi connectivity index (χ0n) is 8.93. The number of ether oxygens (including phenoxy) is 1. The van der Waals surface area contributed by atoms with E-state index in [0.717, 1.165) is 0 Å². The Balaban J connectivity index is 2.01. The molecule has 1 aromatic rings. The van der Waals surface area contributed by atoms with E-state index in [1.165, 1.54) is 0 Å². The Morgan fingerprint density at radius 1 is 1.29 bits per heavy atom. The van der Waals surface area contributed by atoms with Gasteiger partial charge < -0.3 is 4.74 Å². The van der Waals surface area contributed by atoms with E-state index in [9.17, 15) is 13.2 Å². The average Bonchev–Trinajstić information content (AvgIpc) is 2.62. The Hall–Kier alpha value is -1.07. The van der Waals surface area contributed by atoms with Crippen LogP contribution >= 0.6 is 11.6 Å². The summed E-state index contributed by atoms with van der Waals surface area (Å²) in [7, 11) is -3.06. The van der Waals surface area contributed by atoms with Crippen LogP contribution in [0, 0.1) is 5.92 Å². The molecule has 4 nitrogen and oxygen atoms in total. The number of hydrogen-bond acceptors (Lipinski definition) is 4. The molecular weight excluding hydrogens is 264 g/mol. The predicted molar refractivity (Wildman–Crippen MR) is 63.8 cm³/mol. The van der Waals surface area contributed by atoms with E-state index >= 15 is 0 Å². The van der Waals surface area contributed by atoms with Gasteiger partial charge in [0.2, 0.25) is 0 Å². The molecule has 1 heterocycles. The van der Waals surface area contributed by atoms with Gasteiger partial charge >= 0.3 is 5.97 Å². The number of carbonyl (C=O) groups excluding carboxylic acids is 1. The molecule has 0 spiro atoms. The Kier molecular flexibility index (Phi) is 3.40. The topological polar surface area (TPSA) is 60.4 Å². The predicted octanol–water partition coefficient (Wildman–Crippen LogP) is 1.68. The van der Waals surface area contributed by atoms with Crippen molar-refractivity contribution in [2.75, 3.05) is 11.5 Å². The van der Waals surface area contributed by atoms with E-state index in [1.807, 2.05) is 0 Å². The summed E-state index contributed by atoms with van der Waals surface area (Å²) in [5, 5.41) is 0.549. The molecule has 1 aliphatic rings. The van der Waals surface area contributed by atoms with Gasteiger partial charge in [0.15, 0.2) is 9.84 Å². The summed E-state index contributed by atoms with van der Waals surface area (Å²) in [5.74, 6) is -0.708. The smallest absolute Gasteiger partial charge is 0.315 e. The van der Waals surface area contributed by atoms with Crippen LogP contribution in [0.2, 0.25) is 5.02 Å². The Bertz CT molecular complexity index is 521. The number of rotatable bonds is 2. The molecule has 0 amide bonds. The summed E-state index contributed by atoms with van der Waals surface area (Å²) in [6.07, 6.45) is 0.342. The minimum atomic E-state index is -3.06. The third-order valence-electron chi connectivity index (χ3n) is 2.60. The first kappa shape index (κ1) is 12.4. The molecule has 1 aliphatic heterocycles. The fourth-order valence-electron chi connectivity index (χ4n) is 1.68. The fourth-order valence-corrected chi connectivity index (χ4v) is 3.54. The van der Waals surface area contributed by atoms with Crippen molar-refractivity contribution in [3.8, 4) is 5.75 Å². The Morgan fingerprint density at radius 3 is 2.47 bits per heavy atom. The van der Waals surface area contributed by atoms with E-state index in [1.54, 1.807) is 24.3 Å². The van der Waals surface area contributed by atoms with Crippen LogP contribution in [0.1, 0.15) is 6.42 Å². The van der Waals surface area contributed by atoms with Gasteiger partial charge in [-0.05, 0) is 30.7 Å². The molecule has 2 rings (SSSR count). The monoisotopic (exact) mass is 274 g/mol. The lowest BCUT2D eigenvalue weighted by Crippen LogP contribution is -2.21. The largest absolute Gasteiger partial charge is 0.426 e. The maximum Gasteiger partial charge on any atom is 0.315 e. The number of esters is 1. The summed E-state index contributed by atoms with van der Waals surface area (Å²) in [4.78, 5) is 11.7. The highest BCUT2D eigenvalue weighted by Gasteiger charge is 2.34. The minimum absolute atomic E-state index is 0.0629. The van der Waals surface area contributed by atoms with Crippen LogP contribution in [0.5, 0.6) is 5.75 Å². The SMILES string of the molecule is O=C(Oc1ccc(Cl)cc1)C1CCS(=O)(=O)C1. The molecule has 6 heteroatoms. The van der Waals surface area contributed by atoms with E-state index in [4.69, 9.17) is 16.3 Å². The molecule has 92 valence electrons. The van der Waals surface area contributed by atoms with Crippen molar-refractivity contribution in [1.82, 2.24) is 0 Å². The number of hydrogen-bond donors (Lipinski definition) is 0. The lowest BCUT2D eigenvalue weighted by molar-refractivity contribution is -0.138. The molecule has 1 unspecified atom stereocenters. The molecule has 0 radical (unpaired) electrons. The van der Waals surface area contributed by atoms with Crippen molar-refractivity contribution in [1.29, 1.82) is 0 Å². The molecule has 0 bridgehead atoms. The van der Waals surface area contributed by atoms with Crippen LogP contribution in [-0.2, 0) is 14.6 Å². The van der Waals surface area contributed by atoms with Crippen LogP contribution in [0.15, 0.2) is 24.3 Å². The molecule has 0 N–H and O–H groups in total. The number of carbonyl (C=O) groups is 1. The van der Waals surface area contributed by atoms with Gasteiger partial charge in [0.1, 0.15) is 5.75 Å². The van der Waals surface area contributed by atoms with Crippen LogP contribution in [0.3, 0.4) is 0 Å². The molecule has 1 aromatic carbocycles. The van der Waals surface area contributed by atoms with Gasteiger partial charge in [0.25, 0.3) is 0 Å². The molecule has 1 saturated heterocycles. The molecule has 0 aromatic heterocycles. The normalized spacial score (nSPS) is 22.3. The first-order valence-corrected chi connectivity index (χ1v) is 7.34. The van der Waals surface area contributed by atoms with Gasteiger partial charge in [-0.3, -0.25) is 4.79 Å². The van der Waals surface area contributed by atoms with E-state index in [2.05, 4.69) is 0 Å². The first-order chi connectivity index (χ1) is 7.96. The average molecular weight is 275 g/mol. The third kappa shape index (κ3) is 3.20. The Morgan fingerprint density at radius 2 is 1.94 bits per heavy atom. The summed E-state index contributed by atoms with van der Waals surface area (Å²) >= 11 is 5.69. The standard InChI is InChI=1S/C11H11ClO4S/c12-9-1-3-10(4-2-9)16-11(13)8-5-6-17(14,15)7-8/h1-4,8H,5-7H2. The fraction of sp³-hybridized carbons (Fsp3) is 0.364. The van der Waals surface area contributed by atoms with E-state index in [-0.39, 0.29) is 11.5 Å². The molecule has 0 aliphatic carbocycles. The van der Waals surface area contributed by atoms with Gasteiger partial charge in [-0.1, -0.05) is 11.6 Å². The van der Waals surface area contributed by atoms with Crippen molar-refractivity contribution in [2.45, 2.75) is 6.42 Å². The summed E-state index contributed by atoms with van der Waals surface area (Å²) in [5.41, 5.74) is 0. The lowest BCUT2D eigenvalue weighted by atomic mass is 10.1. The molecule has 17 heavy (non-hydrogen) atoms. The zero-order valence-corrected chi connectivity index (χ0v) is 10.5. The van der Waals surface area contributed by atoms with Crippen molar-refractivity contribution >= 4 is 27.4 Å². The highest BCUT2D eigenvalue weighted by atomic mass is 35.5. The van der Waals surface area contributed by atoms with E-state index < -0.39 is 21.7 Å². The van der Waals surface area contributed by atoms with Gasteiger partial charge in [-0.2, -0.15) is 0 Å². The lowest BCUT2D eigenvalue weighted by Gasteiger charge is -2.08. The summed E-state index contributed by atoms with van der Waals surface area (Å²) in [6, 6.07) is 6.36. The third-order valence-corrected chi connectivity index (χ3v) is 4.62. The highest BCUT2D eigenvalue weighted by molar-refractivity contribution is 7.91. The molecular formula is C11H11ClO4S. The van der Waals surface area contributed by atoms with Crippen molar-refractivity contribution in [3.63, 3.8) is 0 Å². The van der Waals surface area contributed by atoms with E-state index in [0.29, 0.717) is 17.2 Å². The van der Waals surface area contributed by atoms with Crippen molar-refractivity contribution in [2.24, 2.45) is 5.92 Å². The molecule has 1 fully saturated rings. The van der Waals surface area contributed by atoms with Crippen LogP contribution in [0.25, 0.3) is 0 Å². The molecule has 0 saturated carbocycles. The zero-order chi connectivity index (χ0) is 12.5. The number of benzene rings is 1. The van der Waals surface area contributed by atoms with Crippen molar-refractivity contribution in [3.05, 3.63) is 29.3 Å². The van der Waals surface area contributed by atoms with Crippen molar-refractivity contribution < 1.29 is 17.9 Å². The van der Waals surface area contributed by atoms with Crippen LogP contribution in [0.4, 0.5) is 0 Å². The first-order valence-electron chi connectivity index (χ1n) is 5.14. The van der Waals surface area contributed by atoms with Gasteiger partial charge in [0.05, 0.1) is 17.4 Å². The van der Waals surface area contributed by atoms with Gasteiger partial charge in [-0.15, -0.1) is 0 Å².